The van der Waals surface area contributed by atoms with Crippen LogP contribution in [-0.2, 0) is 25.3 Å². The summed E-state index contributed by atoms with van der Waals surface area (Å²) in [5.74, 6) is 1.27. The van der Waals surface area contributed by atoms with Crippen molar-refractivity contribution in [3.63, 3.8) is 0 Å². The Morgan fingerprint density at radius 2 is 1.92 bits per heavy atom. The fourth-order valence-corrected chi connectivity index (χ4v) is 3.89. The summed E-state index contributed by atoms with van der Waals surface area (Å²) in [6.45, 7) is 0.325. The van der Waals surface area contributed by atoms with Gasteiger partial charge < -0.3 is 9.47 Å². The summed E-state index contributed by atoms with van der Waals surface area (Å²) in [5.41, 5.74) is 0. The van der Waals surface area contributed by atoms with Gasteiger partial charge in [-0.05, 0) is 35.7 Å². The molecule has 0 aliphatic heterocycles. The molecule has 0 amide bonds. The highest BCUT2D eigenvalue weighted by atomic mass is 32.2. The first-order chi connectivity index (χ1) is 11.4. The molecule has 0 saturated carbocycles. The molecule has 0 spiro atoms. The van der Waals surface area contributed by atoms with E-state index in [9.17, 15) is 13.2 Å². The molecular weight excluding hydrogens is 370 g/mol. The second-order valence-corrected chi connectivity index (χ2v) is 8.24. The van der Waals surface area contributed by atoms with E-state index in [4.69, 9.17) is 14.6 Å². The van der Waals surface area contributed by atoms with Gasteiger partial charge in [0.1, 0.15) is 19.0 Å². The second-order valence-electron chi connectivity index (χ2n) is 4.66. The molecular formula is C15H17NO5S3. The molecule has 0 saturated heterocycles. The van der Waals surface area contributed by atoms with E-state index in [0.717, 1.165) is 5.75 Å². The molecule has 0 aliphatic carbocycles. The summed E-state index contributed by atoms with van der Waals surface area (Å²) in [5, 5.41) is 7.01. The quantitative estimate of drug-likeness (QED) is 0.524. The van der Waals surface area contributed by atoms with Crippen LogP contribution in [0.5, 0.6) is 5.75 Å². The number of rotatable bonds is 9. The Kier molecular flexibility index (Phi) is 7.10. The molecule has 0 aliphatic rings. The van der Waals surface area contributed by atoms with Gasteiger partial charge in [-0.25, -0.2) is 13.6 Å². The summed E-state index contributed by atoms with van der Waals surface area (Å²) < 4.78 is 32.7. The average Bonchev–Trinajstić information content (AvgIpc) is 3.04. The van der Waals surface area contributed by atoms with Crippen molar-refractivity contribution in [2.75, 3.05) is 19.0 Å². The number of benzene rings is 1. The minimum atomic E-state index is -3.71. The first kappa shape index (κ1) is 18.8. The summed E-state index contributed by atoms with van der Waals surface area (Å²) in [6, 6.07) is 9.72. The Bertz CT molecular complexity index is 742. The van der Waals surface area contributed by atoms with Gasteiger partial charge in [0.05, 0.1) is 10.6 Å². The summed E-state index contributed by atoms with van der Waals surface area (Å²) in [4.78, 5) is 12.8. The largest absolute Gasteiger partial charge is 0.490 e. The van der Waals surface area contributed by atoms with Crippen LogP contribution in [0.25, 0.3) is 0 Å². The highest BCUT2D eigenvalue weighted by Gasteiger charge is 2.07. The predicted molar refractivity (Wildman–Crippen MR) is 94.8 cm³/mol. The summed E-state index contributed by atoms with van der Waals surface area (Å²) in [7, 11) is -3.71. The number of hydrogen-bond donors (Lipinski definition) is 1. The molecule has 130 valence electrons. The number of thiophene rings is 1. The zero-order chi connectivity index (χ0) is 17.4. The first-order valence-electron chi connectivity index (χ1n) is 6.96. The Hall–Kier alpha value is -1.55. The van der Waals surface area contributed by atoms with Crippen molar-refractivity contribution in [1.29, 1.82) is 0 Å². The van der Waals surface area contributed by atoms with Crippen LogP contribution < -0.4 is 9.88 Å². The standard InChI is InChI=1S/C15H17NO5S3/c16-24(18,19)14-5-3-12(4-6-14)20-7-8-21-15(17)11-22-10-13-2-1-9-23-13/h1-6,9H,7-8,10-11H2,(H2,16,18,19). The lowest BCUT2D eigenvalue weighted by Crippen LogP contribution is -2.14. The zero-order valence-corrected chi connectivity index (χ0v) is 15.2. The SMILES string of the molecule is NS(=O)(=O)c1ccc(OCCOC(=O)CSCc2cccs2)cc1. The molecule has 0 unspecified atom stereocenters. The van der Waals surface area contributed by atoms with E-state index in [1.165, 1.54) is 40.9 Å². The smallest absolute Gasteiger partial charge is 0.316 e. The van der Waals surface area contributed by atoms with E-state index in [1.807, 2.05) is 17.5 Å². The van der Waals surface area contributed by atoms with Gasteiger partial charge in [-0.3, -0.25) is 4.79 Å². The number of carbonyl (C=O) groups excluding carboxylic acids is 1. The van der Waals surface area contributed by atoms with Crippen LogP contribution in [0.3, 0.4) is 0 Å². The first-order valence-corrected chi connectivity index (χ1v) is 10.5. The summed E-state index contributed by atoms with van der Waals surface area (Å²) in [6.07, 6.45) is 0. The Labute approximate surface area is 149 Å². The third kappa shape index (κ3) is 6.52. The van der Waals surface area contributed by atoms with Crippen molar-refractivity contribution in [3.05, 3.63) is 46.7 Å². The fraction of sp³-hybridized carbons (Fsp3) is 0.267. The minimum absolute atomic E-state index is 0.0176. The average molecular weight is 388 g/mol. The van der Waals surface area contributed by atoms with Crippen LogP contribution in [0.1, 0.15) is 4.88 Å². The van der Waals surface area contributed by atoms with Crippen molar-refractivity contribution < 1.29 is 22.7 Å². The van der Waals surface area contributed by atoms with Gasteiger partial charge in [-0.15, -0.1) is 23.1 Å². The van der Waals surface area contributed by atoms with Gasteiger partial charge in [-0.1, -0.05) is 6.07 Å². The normalized spacial score (nSPS) is 11.2. The molecule has 24 heavy (non-hydrogen) atoms. The lowest BCUT2D eigenvalue weighted by molar-refractivity contribution is -0.141. The van der Waals surface area contributed by atoms with Gasteiger partial charge in [0.15, 0.2) is 0 Å². The second kappa shape index (κ2) is 9.07. The molecule has 1 heterocycles. The van der Waals surface area contributed by atoms with Gasteiger partial charge in [-0.2, -0.15) is 0 Å². The van der Waals surface area contributed by atoms with E-state index in [2.05, 4.69) is 0 Å². The van der Waals surface area contributed by atoms with Crippen molar-refractivity contribution in [3.8, 4) is 5.75 Å². The van der Waals surface area contributed by atoms with Crippen LogP contribution in [0, 0.1) is 0 Å². The number of ether oxygens (including phenoxy) is 2. The van der Waals surface area contributed by atoms with E-state index in [-0.39, 0.29) is 24.1 Å². The Morgan fingerprint density at radius 3 is 2.54 bits per heavy atom. The maximum atomic E-state index is 11.6. The van der Waals surface area contributed by atoms with Gasteiger partial charge in [0.25, 0.3) is 0 Å². The van der Waals surface area contributed by atoms with E-state index >= 15 is 0 Å². The maximum Gasteiger partial charge on any atom is 0.316 e. The third-order valence-electron chi connectivity index (χ3n) is 2.81. The molecule has 6 nitrogen and oxygen atoms in total. The maximum absolute atomic E-state index is 11.6. The van der Waals surface area contributed by atoms with Gasteiger partial charge in [0.2, 0.25) is 10.0 Å². The summed E-state index contributed by atoms with van der Waals surface area (Å²) >= 11 is 3.16. The van der Waals surface area contributed by atoms with E-state index in [0.29, 0.717) is 11.5 Å². The van der Waals surface area contributed by atoms with Crippen molar-refractivity contribution >= 4 is 39.1 Å². The molecule has 0 fully saturated rings. The highest BCUT2D eigenvalue weighted by Crippen LogP contribution is 2.17. The van der Waals surface area contributed by atoms with Crippen LogP contribution in [-0.4, -0.2) is 33.4 Å². The van der Waals surface area contributed by atoms with Crippen LogP contribution in [0.15, 0.2) is 46.7 Å². The zero-order valence-electron chi connectivity index (χ0n) is 12.7. The monoisotopic (exact) mass is 387 g/mol. The van der Waals surface area contributed by atoms with E-state index in [1.54, 1.807) is 11.3 Å². The van der Waals surface area contributed by atoms with Crippen LogP contribution in [0.4, 0.5) is 0 Å². The number of esters is 1. The number of sulfonamides is 1. The molecule has 2 aromatic rings. The Morgan fingerprint density at radius 1 is 1.17 bits per heavy atom. The number of primary sulfonamides is 1. The fourth-order valence-electron chi connectivity index (χ4n) is 1.71. The lowest BCUT2D eigenvalue weighted by Gasteiger charge is -2.08. The predicted octanol–water partition coefficient (Wildman–Crippen LogP) is 2.25. The topological polar surface area (TPSA) is 95.7 Å². The highest BCUT2D eigenvalue weighted by molar-refractivity contribution is 7.99. The minimum Gasteiger partial charge on any atom is -0.490 e. The number of hydrogen-bond acceptors (Lipinski definition) is 7. The van der Waals surface area contributed by atoms with E-state index < -0.39 is 10.0 Å². The number of nitrogens with two attached hydrogens (primary N) is 1. The Balaban J connectivity index is 1.61. The van der Waals surface area contributed by atoms with Crippen molar-refractivity contribution in [2.24, 2.45) is 5.14 Å². The van der Waals surface area contributed by atoms with Gasteiger partial charge >= 0.3 is 5.97 Å². The number of carbonyl (C=O) groups is 1. The molecule has 1 aromatic heterocycles. The third-order valence-corrected chi connectivity index (χ3v) is 5.76. The van der Waals surface area contributed by atoms with Crippen molar-refractivity contribution in [1.82, 2.24) is 0 Å². The van der Waals surface area contributed by atoms with Gasteiger partial charge in [0, 0.05) is 10.6 Å². The molecule has 2 rings (SSSR count). The van der Waals surface area contributed by atoms with Crippen molar-refractivity contribution in [2.45, 2.75) is 10.6 Å². The molecule has 1 aromatic carbocycles. The molecule has 0 atom stereocenters. The lowest BCUT2D eigenvalue weighted by atomic mass is 10.3. The van der Waals surface area contributed by atoms with Crippen LogP contribution >= 0.6 is 23.1 Å². The molecule has 2 N–H and O–H groups in total. The molecule has 0 radical (unpaired) electrons. The molecule has 9 heteroatoms. The molecule has 0 bridgehead atoms. The number of thioether (sulfide) groups is 1. The van der Waals surface area contributed by atoms with Crippen LogP contribution in [0.2, 0.25) is 0 Å².